The number of H-pyrrole nitrogens is 1. The molecule has 190 valence electrons. The van der Waals surface area contributed by atoms with Crippen molar-refractivity contribution in [1.29, 1.82) is 0 Å². The smallest absolute Gasteiger partial charge is 0.328 e. The molecule has 38 heavy (non-hydrogen) atoms. The van der Waals surface area contributed by atoms with E-state index in [0.717, 1.165) is 58.4 Å². The van der Waals surface area contributed by atoms with E-state index in [-0.39, 0.29) is 6.04 Å². The Bertz CT molecular complexity index is 1540. The minimum absolute atomic E-state index is 0.117. The van der Waals surface area contributed by atoms with Gasteiger partial charge in [0.2, 0.25) is 0 Å². The Labute approximate surface area is 221 Å². The first kappa shape index (κ1) is 24.9. The van der Waals surface area contributed by atoms with Gasteiger partial charge in [0.15, 0.2) is 0 Å². The molecule has 0 aliphatic carbocycles. The number of nitrogens with zero attached hydrogens (tertiary/aromatic N) is 2. The fourth-order valence-electron chi connectivity index (χ4n) is 4.31. The monoisotopic (exact) mass is 503 g/mol. The van der Waals surface area contributed by atoms with Crippen LogP contribution >= 0.6 is 0 Å². The molecule has 3 aromatic carbocycles. The van der Waals surface area contributed by atoms with Crippen LogP contribution in [0.3, 0.4) is 0 Å². The van der Waals surface area contributed by atoms with Crippen LogP contribution in [0.2, 0.25) is 0 Å². The highest BCUT2D eigenvalue weighted by Crippen LogP contribution is 2.29. The Balaban J connectivity index is 1.21. The van der Waals surface area contributed by atoms with Gasteiger partial charge in [0, 0.05) is 30.9 Å². The summed E-state index contributed by atoms with van der Waals surface area (Å²) in [6, 6.07) is 28.8. The summed E-state index contributed by atoms with van der Waals surface area (Å²) in [4.78, 5) is 23.0. The van der Waals surface area contributed by atoms with Crippen LogP contribution in [0.25, 0.3) is 28.4 Å². The predicted molar refractivity (Wildman–Crippen MR) is 151 cm³/mol. The quantitative estimate of drug-likeness (QED) is 0.170. The first-order valence-corrected chi connectivity index (χ1v) is 12.5. The molecule has 5 rings (SSSR count). The third kappa shape index (κ3) is 6.14. The molecule has 0 aliphatic heterocycles. The van der Waals surface area contributed by atoms with E-state index in [1.165, 1.54) is 11.1 Å². The van der Waals surface area contributed by atoms with Gasteiger partial charge in [0.1, 0.15) is 17.8 Å². The lowest BCUT2D eigenvalue weighted by Gasteiger charge is -2.15. The van der Waals surface area contributed by atoms with Crippen LogP contribution < -0.4 is 10.6 Å². The number of hydrogen-bond acceptors (Lipinski definition) is 5. The zero-order valence-electron chi connectivity index (χ0n) is 21.1. The van der Waals surface area contributed by atoms with Crippen LogP contribution in [-0.4, -0.2) is 26.0 Å². The second-order valence-electron chi connectivity index (χ2n) is 9.16. The van der Waals surface area contributed by atoms with E-state index >= 15 is 0 Å². The number of carbonyl (C=O) groups is 1. The molecule has 7 nitrogen and oxygen atoms in total. The van der Waals surface area contributed by atoms with Gasteiger partial charge in [-0.3, -0.25) is 0 Å². The van der Waals surface area contributed by atoms with E-state index in [2.05, 4.69) is 75.0 Å². The van der Waals surface area contributed by atoms with Crippen LogP contribution in [0.15, 0.2) is 97.3 Å². The summed E-state index contributed by atoms with van der Waals surface area (Å²) in [5.74, 6) is -0.143. The molecule has 0 amide bonds. The highest BCUT2D eigenvalue weighted by atomic mass is 16.4. The summed E-state index contributed by atoms with van der Waals surface area (Å²) in [5, 5.41) is 16.7. The maximum atomic E-state index is 10.6. The molecule has 0 saturated carbocycles. The zero-order valence-corrected chi connectivity index (χ0v) is 21.1. The zero-order chi connectivity index (χ0) is 26.3. The first-order valence-electron chi connectivity index (χ1n) is 12.5. The molecule has 4 N–H and O–H groups in total. The van der Waals surface area contributed by atoms with Crippen molar-refractivity contribution in [3.8, 4) is 11.3 Å². The fourth-order valence-corrected chi connectivity index (χ4v) is 4.31. The van der Waals surface area contributed by atoms with E-state index in [1.807, 2.05) is 42.5 Å². The molecule has 2 aromatic heterocycles. The number of carboxylic acids is 1. The minimum Gasteiger partial charge on any atom is -0.478 e. The summed E-state index contributed by atoms with van der Waals surface area (Å²) < 4.78 is 0. The fraction of sp³-hybridized carbons (Fsp3) is 0.129. The standard InChI is InChI=1S/C31H29N5O2/c1-21(25-5-3-2-4-6-25)35-30-27-17-28(36-31(27)34-20-33-30)26-14-11-24(12-15-26)19-32-18-23-9-7-22(8-10-23)13-16-29(37)38/h2-17,20-21,32H,18-19H2,1H3,(H,37,38)(H2,33,34,35,36). The van der Waals surface area contributed by atoms with Crippen LogP contribution in [0, 0.1) is 0 Å². The van der Waals surface area contributed by atoms with Gasteiger partial charge >= 0.3 is 5.97 Å². The molecule has 2 heterocycles. The van der Waals surface area contributed by atoms with Crippen molar-refractivity contribution in [2.75, 3.05) is 5.32 Å². The van der Waals surface area contributed by atoms with Crippen molar-refractivity contribution < 1.29 is 9.90 Å². The van der Waals surface area contributed by atoms with Gasteiger partial charge in [0.25, 0.3) is 0 Å². The van der Waals surface area contributed by atoms with Gasteiger partial charge in [-0.1, -0.05) is 78.9 Å². The van der Waals surface area contributed by atoms with Crippen molar-refractivity contribution in [3.63, 3.8) is 0 Å². The Morgan fingerprint density at radius 3 is 2.32 bits per heavy atom. The molecule has 0 spiro atoms. The largest absolute Gasteiger partial charge is 0.478 e. The van der Waals surface area contributed by atoms with Crippen LogP contribution in [0.1, 0.15) is 35.2 Å². The molecule has 0 radical (unpaired) electrons. The topological polar surface area (TPSA) is 103 Å². The van der Waals surface area contributed by atoms with Crippen molar-refractivity contribution in [1.82, 2.24) is 20.3 Å². The van der Waals surface area contributed by atoms with Crippen molar-refractivity contribution >= 4 is 28.9 Å². The van der Waals surface area contributed by atoms with Crippen molar-refractivity contribution in [3.05, 3.63) is 120 Å². The number of aliphatic carboxylic acids is 1. The van der Waals surface area contributed by atoms with Gasteiger partial charge in [-0.2, -0.15) is 0 Å². The molecular weight excluding hydrogens is 474 g/mol. The number of benzene rings is 3. The van der Waals surface area contributed by atoms with Crippen molar-refractivity contribution in [2.45, 2.75) is 26.1 Å². The average Bonchev–Trinajstić information content (AvgIpc) is 3.39. The Morgan fingerprint density at radius 1 is 0.947 bits per heavy atom. The van der Waals surface area contributed by atoms with Gasteiger partial charge in [-0.15, -0.1) is 0 Å². The summed E-state index contributed by atoms with van der Waals surface area (Å²) in [6.45, 7) is 3.59. The number of fused-ring (bicyclic) bond motifs is 1. The molecule has 0 fully saturated rings. The summed E-state index contributed by atoms with van der Waals surface area (Å²) in [7, 11) is 0. The molecule has 0 aliphatic rings. The summed E-state index contributed by atoms with van der Waals surface area (Å²) in [5.41, 5.74) is 7.26. The lowest BCUT2D eigenvalue weighted by molar-refractivity contribution is -0.131. The van der Waals surface area contributed by atoms with Gasteiger partial charge < -0.3 is 20.7 Å². The van der Waals surface area contributed by atoms with E-state index in [4.69, 9.17) is 5.11 Å². The number of hydrogen-bond donors (Lipinski definition) is 4. The number of nitrogens with one attached hydrogen (secondary N) is 3. The Hall–Kier alpha value is -4.75. The number of rotatable bonds is 10. The normalized spacial score (nSPS) is 12.1. The van der Waals surface area contributed by atoms with Crippen molar-refractivity contribution in [2.24, 2.45) is 0 Å². The van der Waals surface area contributed by atoms with E-state index in [1.54, 1.807) is 12.4 Å². The second-order valence-corrected chi connectivity index (χ2v) is 9.16. The second kappa shape index (κ2) is 11.5. The maximum Gasteiger partial charge on any atom is 0.328 e. The van der Waals surface area contributed by atoms with Gasteiger partial charge in [-0.05, 0) is 46.9 Å². The third-order valence-corrected chi connectivity index (χ3v) is 6.40. The highest BCUT2D eigenvalue weighted by molar-refractivity contribution is 5.91. The van der Waals surface area contributed by atoms with Crippen LogP contribution in [-0.2, 0) is 17.9 Å². The van der Waals surface area contributed by atoms with Crippen LogP contribution in [0.4, 0.5) is 5.82 Å². The van der Waals surface area contributed by atoms with E-state index < -0.39 is 5.97 Å². The number of anilines is 1. The SMILES string of the molecule is CC(Nc1ncnc2[nH]c(-c3ccc(CNCc4ccc(C=CC(=O)O)cc4)cc3)cc12)c1ccccc1. The lowest BCUT2D eigenvalue weighted by Crippen LogP contribution is -2.12. The first-order chi connectivity index (χ1) is 18.5. The van der Waals surface area contributed by atoms with E-state index in [9.17, 15) is 4.79 Å². The number of aromatic amines is 1. The molecule has 0 saturated heterocycles. The lowest BCUT2D eigenvalue weighted by atomic mass is 10.1. The molecule has 5 aromatic rings. The maximum absolute atomic E-state index is 10.6. The third-order valence-electron chi connectivity index (χ3n) is 6.40. The summed E-state index contributed by atoms with van der Waals surface area (Å²) in [6.07, 6.45) is 4.31. The van der Waals surface area contributed by atoms with Gasteiger partial charge in [-0.25, -0.2) is 14.8 Å². The molecular formula is C31H29N5O2. The summed E-state index contributed by atoms with van der Waals surface area (Å²) >= 11 is 0. The number of carboxylic acid groups (broad SMARTS) is 1. The predicted octanol–water partition coefficient (Wildman–Crippen LogP) is 6.19. The molecule has 0 bridgehead atoms. The average molecular weight is 504 g/mol. The number of aromatic nitrogens is 3. The molecule has 1 unspecified atom stereocenters. The molecule has 1 atom stereocenters. The van der Waals surface area contributed by atoms with Crippen LogP contribution in [0.5, 0.6) is 0 Å². The Morgan fingerprint density at radius 2 is 1.63 bits per heavy atom. The van der Waals surface area contributed by atoms with E-state index in [0.29, 0.717) is 0 Å². The van der Waals surface area contributed by atoms with Gasteiger partial charge in [0.05, 0.1) is 5.39 Å². The highest BCUT2D eigenvalue weighted by Gasteiger charge is 2.12. The minimum atomic E-state index is -0.949. The Kier molecular flexibility index (Phi) is 7.57. The molecule has 7 heteroatoms.